The van der Waals surface area contributed by atoms with Crippen LogP contribution in [0.3, 0.4) is 0 Å². The number of likely N-dealkylation sites (tertiary alicyclic amines) is 2. The topological polar surface area (TPSA) is 35.6 Å². The second-order valence-corrected chi connectivity index (χ2v) is 7.53. The highest BCUT2D eigenvalue weighted by Crippen LogP contribution is 2.22. The van der Waals surface area contributed by atoms with Gasteiger partial charge in [0.25, 0.3) is 0 Å². The number of carbonyl (C=O) groups excluding carboxylic acids is 1. The SMILES string of the molecule is CC(C)N1CCC(NC(=O)N2CCCC2Cc2ccccc2)CC1. The molecule has 0 spiro atoms. The normalized spacial score (nSPS) is 23.0. The first-order valence-corrected chi connectivity index (χ1v) is 9.48. The van der Waals surface area contributed by atoms with Crippen molar-refractivity contribution in [1.29, 1.82) is 0 Å². The molecule has 4 nitrogen and oxygen atoms in total. The fraction of sp³-hybridized carbons (Fsp3) is 0.650. The number of amides is 2. The van der Waals surface area contributed by atoms with Gasteiger partial charge in [0.2, 0.25) is 0 Å². The molecule has 2 saturated heterocycles. The molecule has 2 aliphatic rings. The molecule has 0 bridgehead atoms. The molecule has 2 fully saturated rings. The van der Waals surface area contributed by atoms with Crippen LogP contribution >= 0.6 is 0 Å². The fourth-order valence-corrected chi connectivity index (χ4v) is 4.02. The maximum atomic E-state index is 12.7. The van der Waals surface area contributed by atoms with Crippen LogP contribution in [-0.2, 0) is 6.42 Å². The standard InChI is InChI=1S/C20H31N3O/c1-16(2)22-13-10-18(11-14-22)21-20(24)23-12-6-9-19(23)15-17-7-4-3-5-8-17/h3-5,7-8,16,18-19H,6,9-15H2,1-2H3,(H,21,24). The number of nitrogens with one attached hydrogen (secondary N) is 1. The van der Waals surface area contributed by atoms with E-state index in [1.165, 1.54) is 5.56 Å². The van der Waals surface area contributed by atoms with E-state index in [1.807, 2.05) is 6.07 Å². The van der Waals surface area contributed by atoms with E-state index in [9.17, 15) is 4.79 Å². The average Bonchev–Trinajstić information content (AvgIpc) is 3.04. The Labute approximate surface area is 146 Å². The molecule has 0 saturated carbocycles. The molecule has 1 N–H and O–H groups in total. The summed E-state index contributed by atoms with van der Waals surface area (Å²) in [4.78, 5) is 17.3. The number of hydrogen-bond acceptors (Lipinski definition) is 2. The molecule has 1 aromatic carbocycles. The van der Waals surface area contributed by atoms with Gasteiger partial charge in [-0.05, 0) is 51.5 Å². The third kappa shape index (κ3) is 4.29. The Balaban J connectivity index is 1.51. The summed E-state index contributed by atoms with van der Waals surface area (Å²) < 4.78 is 0. The minimum atomic E-state index is 0.149. The molecule has 2 aliphatic heterocycles. The first-order valence-electron chi connectivity index (χ1n) is 9.48. The highest BCUT2D eigenvalue weighted by atomic mass is 16.2. The summed E-state index contributed by atoms with van der Waals surface area (Å²) in [6, 6.07) is 12.0. The predicted molar refractivity (Wildman–Crippen MR) is 98.1 cm³/mol. The Bertz CT molecular complexity index is 523. The van der Waals surface area contributed by atoms with Gasteiger partial charge in [0.1, 0.15) is 0 Å². The van der Waals surface area contributed by atoms with Gasteiger partial charge in [0.05, 0.1) is 0 Å². The van der Waals surface area contributed by atoms with Crippen molar-refractivity contribution in [2.24, 2.45) is 0 Å². The van der Waals surface area contributed by atoms with Gasteiger partial charge in [-0.1, -0.05) is 30.3 Å². The number of piperidine rings is 1. The van der Waals surface area contributed by atoms with Crippen molar-refractivity contribution in [2.75, 3.05) is 19.6 Å². The smallest absolute Gasteiger partial charge is 0.317 e. The van der Waals surface area contributed by atoms with Crippen LogP contribution in [0.5, 0.6) is 0 Å². The molecule has 2 amide bonds. The van der Waals surface area contributed by atoms with Crippen LogP contribution in [0.1, 0.15) is 45.1 Å². The molecule has 4 heteroatoms. The zero-order chi connectivity index (χ0) is 16.9. The van der Waals surface area contributed by atoms with Gasteiger partial charge in [-0.15, -0.1) is 0 Å². The molecule has 132 valence electrons. The fourth-order valence-electron chi connectivity index (χ4n) is 4.02. The van der Waals surface area contributed by atoms with E-state index in [2.05, 4.69) is 53.2 Å². The largest absolute Gasteiger partial charge is 0.335 e. The number of benzene rings is 1. The lowest BCUT2D eigenvalue weighted by molar-refractivity contribution is 0.150. The zero-order valence-corrected chi connectivity index (χ0v) is 15.1. The molecular formula is C20H31N3O. The summed E-state index contributed by atoms with van der Waals surface area (Å²) in [6.45, 7) is 7.58. The molecule has 0 radical (unpaired) electrons. The number of carbonyl (C=O) groups is 1. The lowest BCUT2D eigenvalue weighted by atomic mass is 10.0. The number of urea groups is 1. The van der Waals surface area contributed by atoms with Crippen molar-refractivity contribution >= 4 is 6.03 Å². The van der Waals surface area contributed by atoms with E-state index in [4.69, 9.17) is 0 Å². The molecule has 0 aliphatic carbocycles. The molecule has 1 atom stereocenters. The van der Waals surface area contributed by atoms with E-state index < -0.39 is 0 Å². The maximum absolute atomic E-state index is 12.7. The van der Waals surface area contributed by atoms with Crippen LogP contribution in [-0.4, -0.2) is 53.6 Å². The summed E-state index contributed by atoms with van der Waals surface area (Å²) >= 11 is 0. The molecule has 24 heavy (non-hydrogen) atoms. The maximum Gasteiger partial charge on any atom is 0.317 e. The monoisotopic (exact) mass is 329 g/mol. The minimum absolute atomic E-state index is 0.149. The van der Waals surface area contributed by atoms with Crippen LogP contribution in [0.4, 0.5) is 4.79 Å². The van der Waals surface area contributed by atoms with Crippen molar-refractivity contribution < 1.29 is 4.79 Å². The molecule has 2 heterocycles. The summed E-state index contributed by atoms with van der Waals surface area (Å²) in [5, 5.41) is 3.30. The molecule has 1 unspecified atom stereocenters. The van der Waals surface area contributed by atoms with Crippen LogP contribution in [0.2, 0.25) is 0 Å². The molecule has 1 aromatic rings. The second kappa shape index (κ2) is 8.02. The Morgan fingerprint density at radius 2 is 1.83 bits per heavy atom. The number of hydrogen-bond donors (Lipinski definition) is 1. The van der Waals surface area contributed by atoms with E-state index in [1.54, 1.807) is 0 Å². The van der Waals surface area contributed by atoms with Crippen molar-refractivity contribution in [3.63, 3.8) is 0 Å². The van der Waals surface area contributed by atoms with Gasteiger partial charge in [-0.2, -0.15) is 0 Å². The highest BCUT2D eigenvalue weighted by Gasteiger charge is 2.30. The molecule has 0 aromatic heterocycles. The van der Waals surface area contributed by atoms with Gasteiger partial charge in [0, 0.05) is 37.8 Å². The summed E-state index contributed by atoms with van der Waals surface area (Å²) in [7, 11) is 0. The third-order valence-corrected chi connectivity index (χ3v) is 5.54. The Hall–Kier alpha value is -1.55. The van der Waals surface area contributed by atoms with Crippen LogP contribution in [0.15, 0.2) is 30.3 Å². The first kappa shape index (κ1) is 17.3. The Morgan fingerprint density at radius 3 is 2.50 bits per heavy atom. The number of rotatable bonds is 4. The summed E-state index contributed by atoms with van der Waals surface area (Å²) in [6.07, 6.45) is 5.35. The van der Waals surface area contributed by atoms with E-state index in [-0.39, 0.29) is 6.03 Å². The van der Waals surface area contributed by atoms with Crippen LogP contribution < -0.4 is 5.32 Å². The third-order valence-electron chi connectivity index (χ3n) is 5.54. The predicted octanol–water partition coefficient (Wildman–Crippen LogP) is 3.28. The summed E-state index contributed by atoms with van der Waals surface area (Å²) in [5.41, 5.74) is 1.33. The van der Waals surface area contributed by atoms with Crippen LogP contribution in [0.25, 0.3) is 0 Å². The Morgan fingerprint density at radius 1 is 1.12 bits per heavy atom. The van der Waals surface area contributed by atoms with Crippen molar-refractivity contribution in [1.82, 2.24) is 15.1 Å². The van der Waals surface area contributed by atoms with Gasteiger partial charge < -0.3 is 15.1 Å². The van der Waals surface area contributed by atoms with E-state index in [0.29, 0.717) is 18.1 Å². The van der Waals surface area contributed by atoms with Gasteiger partial charge >= 0.3 is 6.03 Å². The zero-order valence-electron chi connectivity index (χ0n) is 15.1. The minimum Gasteiger partial charge on any atom is -0.335 e. The average molecular weight is 329 g/mol. The van der Waals surface area contributed by atoms with Gasteiger partial charge in [-0.3, -0.25) is 0 Å². The highest BCUT2D eigenvalue weighted by molar-refractivity contribution is 5.75. The second-order valence-electron chi connectivity index (χ2n) is 7.53. The van der Waals surface area contributed by atoms with Crippen molar-refractivity contribution in [2.45, 2.75) is 64.1 Å². The van der Waals surface area contributed by atoms with Gasteiger partial charge in [0.15, 0.2) is 0 Å². The molecular weight excluding hydrogens is 298 g/mol. The lowest BCUT2D eigenvalue weighted by Gasteiger charge is -2.36. The van der Waals surface area contributed by atoms with E-state index in [0.717, 1.165) is 51.7 Å². The van der Waals surface area contributed by atoms with Crippen LogP contribution in [0, 0.1) is 0 Å². The van der Waals surface area contributed by atoms with Crippen molar-refractivity contribution in [3.05, 3.63) is 35.9 Å². The lowest BCUT2D eigenvalue weighted by Crippen LogP contribution is -2.51. The number of nitrogens with zero attached hydrogens (tertiary/aromatic N) is 2. The molecule has 3 rings (SSSR count). The van der Waals surface area contributed by atoms with Crippen molar-refractivity contribution in [3.8, 4) is 0 Å². The van der Waals surface area contributed by atoms with E-state index >= 15 is 0 Å². The first-order chi connectivity index (χ1) is 11.6. The summed E-state index contributed by atoms with van der Waals surface area (Å²) in [5.74, 6) is 0. The van der Waals surface area contributed by atoms with Gasteiger partial charge in [-0.25, -0.2) is 4.79 Å². The quantitative estimate of drug-likeness (QED) is 0.920. The Kier molecular flexibility index (Phi) is 5.77.